The van der Waals surface area contributed by atoms with Gasteiger partial charge in [0.15, 0.2) is 0 Å². The Kier molecular flexibility index (Phi) is 3.37. The van der Waals surface area contributed by atoms with E-state index in [0.29, 0.717) is 6.04 Å². The number of nitrogens with zero attached hydrogens (tertiary/aromatic N) is 3. The molecule has 1 N–H and O–H groups in total. The lowest BCUT2D eigenvalue weighted by molar-refractivity contribution is 0.0676. The van der Waals surface area contributed by atoms with Gasteiger partial charge < -0.3 is 4.98 Å². The minimum Gasteiger partial charge on any atom is -0.341 e. The Labute approximate surface area is 141 Å². The van der Waals surface area contributed by atoms with E-state index in [4.69, 9.17) is 9.97 Å². The Bertz CT molecular complexity index is 836. The van der Waals surface area contributed by atoms with Crippen LogP contribution in [0.1, 0.15) is 42.4 Å². The predicted octanol–water partition coefficient (Wildman–Crippen LogP) is 3.86. The smallest absolute Gasteiger partial charge is 0.121 e. The summed E-state index contributed by atoms with van der Waals surface area (Å²) >= 11 is 0. The Morgan fingerprint density at radius 2 is 2.08 bits per heavy atom. The van der Waals surface area contributed by atoms with Crippen LogP contribution in [0.25, 0.3) is 11.0 Å². The minimum absolute atomic E-state index is 0.455. The number of aromatic amines is 1. The summed E-state index contributed by atoms with van der Waals surface area (Å²) in [5, 5.41) is 0. The molecule has 1 saturated heterocycles. The van der Waals surface area contributed by atoms with Gasteiger partial charge in [-0.2, -0.15) is 0 Å². The summed E-state index contributed by atoms with van der Waals surface area (Å²) in [5.74, 6) is 1.81. The number of piperidine rings is 1. The molecule has 0 radical (unpaired) electrons. The van der Waals surface area contributed by atoms with Gasteiger partial charge >= 0.3 is 0 Å². The van der Waals surface area contributed by atoms with Gasteiger partial charge in [-0.1, -0.05) is 18.2 Å². The second-order valence-electron chi connectivity index (χ2n) is 7.10. The van der Waals surface area contributed by atoms with Gasteiger partial charge in [0.1, 0.15) is 5.82 Å². The fourth-order valence-corrected chi connectivity index (χ4v) is 4.57. The normalized spacial score (nSPS) is 23.8. The molecule has 1 aliphatic carbocycles. The van der Waals surface area contributed by atoms with Gasteiger partial charge in [-0.05, 0) is 61.9 Å². The van der Waals surface area contributed by atoms with Gasteiger partial charge in [-0.15, -0.1) is 0 Å². The van der Waals surface area contributed by atoms with Crippen molar-refractivity contribution in [2.45, 2.75) is 38.3 Å². The van der Waals surface area contributed by atoms with Crippen LogP contribution in [0.3, 0.4) is 0 Å². The van der Waals surface area contributed by atoms with E-state index in [1.807, 2.05) is 12.3 Å². The maximum Gasteiger partial charge on any atom is 0.121 e. The number of hydrogen-bond acceptors (Lipinski definition) is 3. The number of nitrogens with one attached hydrogen (secondary N) is 1. The fourth-order valence-electron chi connectivity index (χ4n) is 4.57. The number of H-pyrrole nitrogens is 1. The molecular weight excluding hydrogens is 296 g/mol. The van der Waals surface area contributed by atoms with Gasteiger partial charge in [-0.25, -0.2) is 4.98 Å². The number of benzene rings is 1. The van der Waals surface area contributed by atoms with Crippen LogP contribution in [-0.2, 0) is 13.0 Å². The van der Waals surface area contributed by atoms with E-state index >= 15 is 0 Å². The second kappa shape index (κ2) is 5.71. The maximum atomic E-state index is 4.78. The number of aryl methyl sites for hydroxylation is 1. The zero-order valence-electron chi connectivity index (χ0n) is 13.8. The molecule has 1 aliphatic heterocycles. The molecule has 122 valence electrons. The molecule has 1 fully saturated rings. The van der Waals surface area contributed by atoms with Crippen molar-refractivity contribution in [1.82, 2.24) is 19.9 Å². The molecule has 1 aromatic carbocycles. The van der Waals surface area contributed by atoms with Crippen molar-refractivity contribution in [2.75, 3.05) is 6.54 Å². The lowest BCUT2D eigenvalue weighted by atomic mass is 9.77. The molecule has 3 heterocycles. The Morgan fingerprint density at radius 3 is 3.04 bits per heavy atom. The van der Waals surface area contributed by atoms with Crippen molar-refractivity contribution >= 4 is 11.0 Å². The Hall–Kier alpha value is -2.20. The molecule has 3 aromatic rings. The topological polar surface area (TPSA) is 44.8 Å². The Balaban J connectivity index is 1.48. The van der Waals surface area contributed by atoms with Gasteiger partial charge in [0.2, 0.25) is 0 Å². The van der Waals surface area contributed by atoms with E-state index in [1.165, 1.54) is 36.9 Å². The molecule has 4 nitrogen and oxygen atoms in total. The number of hydrogen-bond donors (Lipinski definition) is 1. The minimum atomic E-state index is 0.455. The Morgan fingerprint density at radius 1 is 1.12 bits per heavy atom. The van der Waals surface area contributed by atoms with Crippen LogP contribution in [0.15, 0.2) is 42.6 Å². The number of imidazole rings is 1. The van der Waals surface area contributed by atoms with E-state index < -0.39 is 0 Å². The summed E-state index contributed by atoms with van der Waals surface area (Å²) < 4.78 is 0. The number of likely N-dealkylation sites (tertiary alicyclic amines) is 1. The third-order valence-corrected chi connectivity index (χ3v) is 5.64. The van der Waals surface area contributed by atoms with E-state index in [2.05, 4.69) is 40.2 Å². The molecule has 2 aromatic heterocycles. The quantitative estimate of drug-likeness (QED) is 0.780. The van der Waals surface area contributed by atoms with Crippen LogP contribution < -0.4 is 0 Å². The first-order chi connectivity index (χ1) is 11.9. The molecule has 2 aliphatic rings. The zero-order chi connectivity index (χ0) is 15.9. The monoisotopic (exact) mass is 318 g/mol. The van der Waals surface area contributed by atoms with Gasteiger partial charge in [-0.3, -0.25) is 9.88 Å². The summed E-state index contributed by atoms with van der Waals surface area (Å²) in [4.78, 5) is 15.6. The molecule has 0 saturated carbocycles. The number of aromatic nitrogens is 3. The molecule has 24 heavy (non-hydrogen) atoms. The predicted molar refractivity (Wildman–Crippen MR) is 94.5 cm³/mol. The molecule has 0 bridgehead atoms. The first-order valence-electron chi connectivity index (χ1n) is 9.00. The number of para-hydroxylation sites is 2. The summed E-state index contributed by atoms with van der Waals surface area (Å²) in [6.45, 7) is 2.01. The SMILES string of the molecule is c1cnc2c(c1)CCC1CCCN(Cc3nc4ccccc4[nH]3)C21. The van der Waals surface area contributed by atoms with E-state index in [0.717, 1.165) is 35.9 Å². The third kappa shape index (κ3) is 2.33. The summed E-state index contributed by atoms with van der Waals surface area (Å²) in [6, 6.07) is 13.1. The zero-order valence-corrected chi connectivity index (χ0v) is 13.8. The largest absolute Gasteiger partial charge is 0.341 e. The molecule has 2 unspecified atom stereocenters. The van der Waals surface area contributed by atoms with E-state index in [1.54, 1.807) is 0 Å². The summed E-state index contributed by atoms with van der Waals surface area (Å²) in [5.41, 5.74) is 4.94. The summed E-state index contributed by atoms with van der Waals surface area (Å²) in [6.07, 6.45) is 7.04. The highest BCUT2D eigenvalue weighted by molar-refractivity contribution is 5.74. The molecule has 0 amide bonds. The van der Waals surface area contributed by atoms with Crippen molar-refractivity contribution in [3.63, 3.8) is 0 Å². The third-order valence-electron chi connectivity index (χ3n) is 5.64. The van der Waals surface area contributed by atoms with Crippen molar-refractivity contribution < 1.29 is 0 Å². The molecule has 4 heteroatoms. The maximum absolute atomic E-state index is 4.78. The van der Waals surface area contributed by atoms with E-state index in [9.17, 15) is 0 Å². The van der Waals surface area contributed by atoms with Gasteiger partial charge in [0.05, 0.1) is 29.3 Å². The van der Waals surface area contributed by atoms with Crippen molar-refractivity contribution in [2.24, 2.45) is 5.92 Å². The van der Waals surface area contributed by atoms with Crippen LogP contribution >= 0.6 is 0 Å². The van der Waals surface area contributed by atoms with Crippen molar-refractivity contribution in [3.8, 4) is 0 Å². The van der Waals surface area contributed by atoms with Crippen LogP contribution in [0.5, 0.6) is 0 Å². The highest BCUT2D eigenvalue weighted by atomic mass is 15.2. The average Bonchev–Trinajstić information content (AvgIpc) is 3.04. The van der Waals surface area contributed by atoms with Gasteiger partial charge in [0.25, 0.3) is 0 Å². The van der Waals surface area contributed by atoms with Crippen LogP contribution in [0.4, 0.5) is 0 Å². The van der Waals surface area contributed by atoms with Crippen LogP contribution in [-0.4, -0.2) is 26.4 Å². The van der Waals surface area contributed by atoms with Crippen LogP contribution in [0.2, 0.25) is 0 Å². The highest BCUT2D eigenvalue weighted by Crippen LogP contribution is 2.43. The standard InChI is InChI=1S/C20H22N4/c1-2-8-17-16(7-1)22-18(23-17)13-24-12-4-6-15-10-9-14-5-3-11-21-19(14)20(15)24/h1-3,5,7-8,11,15,20H,4,6,9-10,12-13H2,(H,22,23). The lowest BCUT2D eigenvalue weighted by Crippen LogP contribution is -2.41. The molecular formula is C20H22N4. The lowest BCUT2D eigenvalue weighted by Gasteiger charge is -2.44. The molecule has 5 rings (SSSR count). The average molecular weight is 318 g/mol. The van der Waals surface area contributed by atoms with Gasteiger partial charge in [0, 0.05) is 6.20 Å². The fraction of sp³-hybridized carbons (Fsp3) is 0.400. The molecule has 0 spiro atoms. The van der Waals surface area contributed by atoms with E-state index in [-0.39, 0.29) is 0 Å². The second-order valence-corrected chi connectivity index (χ2v) is 7.10. The number of pyridine rings is 1. The first-order valence-corrected chi connectivity index (χ1v) is 9.00. The number of fused-ring (bicyclic) bond motifs is 4. The first kappa shape index (κ1) is 14.2. The highest BCUT2D eigenvalue weighted by Gasteiger charge is 2.37. The summed E-state index contributed by atoms with van der Waals surface area (Å²) in [7, 11) is 0. The van der Waals surface area contributed by atoms with Crippen LogP contribution in [0, 0.1) is 5.92 Å². The van der Waals surface area contributed by atoms with Crippen molar-refractivity contribution in [1.29, 1.82) is 0 Å². The van der Waals surface area contributed by atoms with Crippen molar-refractivity contribution in [3.05, 3.63) is 59.7 Å². The number of rotatable bonds is 2. The molecule has 2 atom stereocenters.